The van der Waals surface area contributed by atoms with Gasteiger partial charge in [-0.25, -0.2) is 4.79 Å². The highest BCUT2D eigenvalue weighted by molar-refractivity contribution is 8.18. The summed E-state index contributed by atoms with van der Waals surface area (Å²) >= 11 is 7.12. The molecule has 202 valence electrons. The molecule has 1 aromatic heterocycles. The van der Waals surface area contributed by atoms with Crippen LogP contribution in [0.2, 0.25) is 5.02 Å². The summed E-state index contributed by atoms with van der Waals surface area (Å²) < 4.78 is 22.1. The second kappa shape index (κ2) is 12.7. The van der Waals surface area contributed by atoms with E-state index in [-0.39, 0.29) is 29.6 Å². The Labute approximate surface area is 235 Å². The Hall–Kier alpha value is -3.95. The summed E-state index contributed by atoms with van der Waals surface area (Å²) in [6.45, 7) is 6.24. The molecule has 0 bridgehead atoms. The van der Waals surface area contributed by atoms with E-state index in [1.54, 1.807) is 24.3 Å². The van der Waals surface area contributed by atoms with Crippen molar-refractivity contribution >= 4 is 46.6 Å². The van der Waals surface area contributed by atoms with Crippen molar-refractivity contribution in [2.75, 3.05) is 13.7 Å². The first-order chi connectivity index (χ1) is 18.8. The van der Waals surface area contributed by atoms with Gasteiger partial charge in [-0.05, 0) is 67.1 Å². The fourth-order valence-corrected chi connectivity index (χ4v) is 4.91. The number of halogens is 1. The molecule has 0 unspecified atom stereocenters. The molecule has 2 heterocycles. The van der Waals surface area contributed by atoms with E-state index in [9.17, 15) is 14.4 Å². The lowest BCUT2D eigenvalue weighted by molar-refractivity contribution is -0.123. The molecule has 39 heavy (non-hydrogen) atoms. The van der Waals surface area contributed by atoms with Crippen LogP contribution in [0.3, 0.4) is 0 Å². The standard InChI is InChI=1S/C29H26ClNO7S/c1-4-8-19-13-18(14-24(36-5-2)26(19)37-17-20-9-6-7-10-22(20)30)15-25-27(32)31(29(34)39-25)16-21-11-12-23(38-21)28(33)35-3/h4,6-7,9-15H,1,5,8,16-17H2,2-3H3/b25-15+. The van der Waals surface area contributed by atoms with Gasteiger partial charge in [-0.2, -0.15) is 0 Å². The van der Waals surface area contributed by atoms with Gasteiger partial charge >= 0.3 is 5.97 Å². The summed E-state index contributed by atoms with van der Waals surface area (Å²) in [7, 11) is 1.24. The highest BCUT2D eigenvalue weighted by Gasteiger charge is 2.36. The monoisotopic (exact) mass is 567 g/mol. The molecule has 1 fully saturated rings. The van der Waals surface area contributed by atoms with Crippen molar-refractivity contribution in [1.82, 2.24) is 4.90 Å². The van der Waals surface area contributed by atoms with E-state index in [0.717, 1.165) is 27.8 Å². The lowest BCUT2D eigenvalue weighted by atomic mass is 10.0. The van der Waals surface area contributed by atoms with E-state index in [0.29, 0.717) is 35.1 Å². The van der Waals surface area contributed by atoms with Gasteiger partial charge in [0.15, 0.2) is 11.5 Å². The predicted octanol–water partition coefficient (Wildman–Crippen LogP) is 6.66. The fraction of sp³-hybridized carbons (Fsp3) is 0.207. The molecule has 0 spiro atoms. The average molecular weight is 568 g/mol. The van der Waals surface area contributed by atoms with E-state index < -0.39 is 17.1 Å². The number of amides is 2. The summed E-state index contributed by atoms with van der Waals surface area (Å²) in [4.78, 5) is 38.7. The van der Waals surface area contributed by atoms with Crippen molar-refractivity contribution in [2.24, 2.45) is 0 Å². The Morgan fingerprint density at radius 3 is 2.64 bits per heavy atom. The second-order valence-corrected chi connectivity index (χ2v) is 9.74. The molecular formula is C29H26ClNO7S. The van der Waals surface area contributed by atoms with Crippen LogP contribution in [-0.2, 0) is 29.1 Å². The Morgan fingerprint density at radius 2 is 1.92 bits per heavy atom. The first kappa shape index (κ1) is 28.1. The van der Waals surface area contributed by atoms with Crippen LogP contribution in [0.4, 0.5) is 4.79 Å². The third-order valence-corrected chi connectivity index (χ3v) is 6.96. The van der Waals surface area contributed by atoms with E-state index in [2.05, 4.69) is 11.3 Å². The van der Waals surface area contributed by atoms with Gasteiger partial charge in [0.25, 0.3) is 11.1 Å². The Kier molecular flexibility index (Phi) is 9.16. The number of thioether (sulfide) groups is 1. The van der Waals surface area contributed by atoms with Crippen LogP contribution in [0.15, 0.2) is 70.5 Å². The lowest BCUT2D eigenvalue weighted by Gasteiger charge is -2.17. The maximum Gasteiger partial charge on any atom is 0.373 e. The summed E-state index contributed by atoms with van der Waals surface area (Å²) in [6, 6.07) is 14.0. The minimum absolute atomic E-state index is 0.00920. The summed E-state index contributed by atoms with van der Waals surface area (Å²) in [5.41, 5.74) is 2.30. The smallest absolute Gasteiger partial charge is 0.373 e. The Morgan fingerprint density at radius 1 is 1.13 bits per heavy atom. The molecule has 1 aliphatic heterocycles. The summed E-state index contributed by atoms with van der Waals surface area (Å²) in [6.07, 6.45) is 3.87. The van der Waals surface area contributed by atoms with Gasteiger partial charge in [0.1, 0.15) is 12.4 Å². The Balaban J connectivity index is 1.59. The fourth-order valence-electron chi connectivity index (χ4n) is 3.88. The van der Waals surface area contributed by atoms with Gasteiger partial charge < -0.3 is 18.6 Å². The number of hydrogen-bond donors (Lipinski definition) is 0. The number of hydrogen-bond acceptors (Lipinski definition) is 8. The number of ether oxygens (including phenoxy) is 3. The third-order valence-electron chi connectivity index (χ3n) is 5.68. The van der Waals surface area contributed by atoms with Crippen molar-refractivity contribution in [1.29, 1.82) is 0 Å². The van der Waals surface area contributed by atoms with Crippen LogP contribution in [0, 0.1) is 0 Å². The average Bonchev–Trinajstić information content (AvgIpc) is 3.49. The number of methoxy groups -OCH3 is 1. The van der Waals surface area contributed by atoms with E-state index in [1.807, 2.05) is 31.2 Å². The van der Waals surface area contributed by atoms with Gasteiger partial charge in [-0.1, -0.05) is 35.9 Å². The number of esters is 1. The zero-order valence-corrected chi connectivity index (χ0v) is 23.0. The molecule has 2 amide bonds. The molecule has 0 aliphatic carbocycles. The number of benzene rings is 2. The molecule has 4 rings (SSSR count). The highest BCUT2D eigenvalue weighted by atomic mass is 35.5. The predicted molar refractivity (Wildman–Crippen MR) is 149 cm³/mol. The van der Waals surface area contributed by atoms with Gasteiger partial charge in [0.2, 0.25) is 5.76 Å². The molecular weight excluding hydrogens is 542 g/mol. The maximum absolute atomic E-state index is 13.1. The topological polar surface area (TPSA) is 95.3 Å². The molecule has 2 aromatic carbocycles. The molecule has 0 radical (unpaired) electrons. The summed E-state index contributed by atoms with van der Waals surface area (Å²) in [5, 5.41) is 0.155. The van der Waals surface area contributed by atoms with Crippen LogP contribution >= 0.6 is 23.4 Å². The lowest BCUT2D eigenvalue weighted by Crippen LogP contribution is -2.27. The number of furan rings is 1. The van der Waals surface area contributed by atoms with E-state index in [4.69, 9.17) is 25.5 Å². The SMILES string of the molecule is C=CCc1cc(/C=C2/SC(=O)N(Cc3ccc(C(=O)OC)o3)C2=O)cc(OCC)c1OCc1ccccc1Cl. The first-order valence-electron chi connectivity index (χ1n) is 12.0. The molecule has 8 nitrogen and oxygen atoms in total. The second-order valence-electron chi connectivity index (χ2n) is 8.34. The molecule has 3 aromatic rings. The van der Waals surface area contributed by atoms with Crippen molar-refractivity contribution in [3.8, 4) is 11.5 Å². The van der Waals surface area contributed by atoms with E-state index >= 15 is 0 Å². The quantitative estimate of drug-likeness (QED) is 0.144. The number of rotatable bonds is 11. The molecule has 1 saturated heterocycles. The highest BCUT2D eigenvalue weighted by Crippen LogP contribution is 2.38. The van der Waals surface area contributed by atoms with Crippen molar-refractivity contribution in [3.63, 3.8) is 0 Å². The van der Waals surface area contributed by atoms with Crippen molar-refractivity contribution < 1.29 is 33.0 Å². The van der Waals surface area contributed by atoms with Crippen LogP contribution in [-0.4, -0.2) is 35.7 Å². The van der Waals surface area contributed by atoms with Gasteiger partial charge in [-0.15, -0.1) is 6.58 Å². The zero-order valence-electron chi connectivity index (χ0n) is 21.4. The van der Waals surface area contributed by atoms with Gasteiger partial charge in [-0.3, -0.25) is 14.5 Å². The maximum atomic E-state index is 13.1. The summed E-state index contributed by atoms with van der Waals surface area (Å²) in [5.74, 6) is 0.218. The zero-order chi connectivity index (χ0) is 27.9. The van der Waals surface area contributed by atoms with E-state index in [1.165, 1.54) is 19.2 Å². The molecule has 0 N–H and O–H groups in total. The Bertz CT molecular complexity index is 1450. The van der Waals surface area contributed by atoms with Crippen LogP contribution in [0.1, 0.15) is 39.9 Å². The van der Waals surface area contributed by atoms with Crippen LogP contribution < -0.4 is 9.47 Å². The molecule has 0 atom stereocenters. The number of allylic oxidation sites excluding steroid dienone is 1. The van der Waals surface area contributed by atoms with Crippen molar-refractivity contribution in [2.45, 2.75) is 26.5 Å². The number of imide groups is 1. The minimum atomic E-state index is -0.644. The van der Waals surface area contributed by atoms with Crippen LogP contribution in [0.25, 0.3) is 6.08 Å². The number of nitrogens with zero attached hydrogens (tertiary/aromatic N) is 1. The number of carbonyl (C=O) groups is 3. The normalized spacial score (nSPS) is 14.1. The molecule has 1 aliphatic rings. The van der Waals surface area contributed by atoms with Gasteiger partial charge in [0, 0.05) is 16.1 Å². The number of carbonyl (C=O) groups excluding carboxylic acids is 3. The van der Waals surface area contributed by atoms with Crippen molar-refractivity contribution in [3.05, 3.63) is 99.3 Å². The van der Waals surface area contributed by atoms with Gasteiger partial charge in [0.05, 0.1) is 25.2 Å². The minimum Gasteiger partial charge on any atom is -0.490 e. The molecule has 0 saturated carbocycles. The largest absolute Gasteiger partial charge is 0.490 e. The molecule has 10 heteroatoms. The first-order valence-corrected chi connectivity index (χ1v) is 13.2. The van der Waals surface area contributed by atoms with Crippen LogP contribution in [0.5, 0.6) is 11.5 Å². The third kappa shape index (κ3) is 6.55.